The van der Waals surface area contributed by atoms with Gasteiger partial charge in [-0.1, -0.05) is 0 Å². The summed E-state index contributed by atoms with van der Waals surface area (Å²) in [6, 6.07) is 9.50. The van der Waals surface area contributed by atoms with Crippen molar-refractivity contribution >= 4 is 5.69 Å². The third-order valence-electron chi connectivity index (χ3n) is 4.90. The Morgan fingerprint density at radius 1 is 1.11 bits per heavy atom. The van der Waals surface area contributed by atoms with Gasteiger partial charge in [0, 0.05) is 55.0 Å². The van der Waals surface area contributed by atoms with Crippen LogP contribution in [-0.4, -0.2) is 36.7 Å². The molecule has 3 aromatic rings. The first-order chi connectivity index (χ1) is 13.4. The maximum atomic E-state index is 12.6. The molecule has 6 N–H and O–H groups in total. The van der Waals surface area contributed by atoms with E-state index in [-0.39, 0.29) is 29.4 Å². The highest BCUT2D eigenvalue weighted by molar-refractivity contribution is 5.59. The minimum absolute atomic E-state index is 0.186. The van der Waals surface area contributed by atoms with Gasteiger partial charge < -0.3 is 26.0 Å². The highest BCUT2D eigenvalue weighted by Gasteiger charge is 2.23. The number of H-pyrrole nitrogens is 1. The molecule has 0 fully saturated rings. The lowest BCUT2D eigenvalue weighted by atomic mass is 10.0. The lowest BCUT2D eigenvalue weighted by Crippen LogP contribution is -2.35. The molecule has 1 aliphatic rings. The molecule has 0 atom stereocenters. The molecule has 144 valence electrons. The summed E-state index contributed by atoms with van der Waals surface area (Å²) >= 11 is 0. The number of aromatic amines is 1. The molecule has 0 bridgehead atoms. The van der Waals surface area contributed by atoms with Gasteiger partial charge in [-0.3, -0.25) is 9.69 Å². The smallest absolute Gasteiger partial charge is 0.255 e. The van der Waals surface area contributed by atoms with Gasteiger partial charge >= 0.3 is 0 Å². The van der Waals surface area contributed by atoms with Gasteiger partial charge in [-0.15, -0.1) is 0 Å². The van der Waals surface area contributed by atoms with Crippen LogP contribution in [0.4, 0.5) is 5.69 Å². The second-order valence-electron chi connectivity index (χ2n) is 6.89. The Hall–Kier alpha value is -3.52. The predicted molar refractivity (Wildman–Crippen MR) is 104 cm³/mol. The van der Waals surface area contributed by atoms with E-state index in [0.29, 0.717) is 42.1 Å². The molecule has 0 unspecified atom stereocenters. The fourth-order valence-electron chi connectivity index (χ4n) is 3.41. The molecule has 0 saturated heterocycles. The summed E-state index contributed by atoms with van der Waals surface area (Å²) in [6.07, 6.45) is 0.570. The predicted octanol–water partition coefficient (Wildman–Crippen LogP) is 1.69. The second-order valence-corrected chi connectivity index (χ2v) is 6.89. The zero-order chi connectivity index (χ0) is 19.8. The van der Waals surface area contributed by atoms with Crippen molar-refractivity contribution in [1.82, 2.24) is 14.9 Å². The molecule has 0 amide bonds. The minimum atomic E-state index is -0.210. The summed E-state index contributed by atoms with van der Waals surface area (Å²) in [4.78, 5) is 22.0. The van der Waals surface area contributed by atoms with E-state index in [0.717, 1.165) is 11.3 Å². The van der Waals surface area contributed by atoms with Gasteiger partial charge in [-0.25, -0.2) is 4.98 Å². The average molecular weight is 380 g/mol. The number of phenols is 3. The Kier molecular flexibility index (Phi) is 4.40. The summed E-state index contributed by atoms with van der Waals surface area (Å²) in [5, 5.41) is 29.4. The summed E-state index contributed by atoms with van der Waals surface area (Å²) < 4.78 is 0. The number of anilines is 1. The van der Waals surface area contributed by atoms with Crippen molar-refractivity contribution in [3.8, 4) is 28.6 Å². The van der Waals surface area contributed by atoms with Crippen molar-refractivity contribution < 1.29 is 15.3 Å². The van der Waals surface area contributed by atoms with E-state index < -0.39 is 0 Å². The number of aromatic nitrogens is 2. The van der Waals surface area contributed by atoms with E-state index in [1.54, 1.807) is 12.1 Å². The van der Waals surface area contributed by atoms with Crippen molar-refractivity contribution in [2.45, 2.75) is 19.5 Å². The van der Waals surface area contributed by atoms with Crippen LogP contribution in [0, 0.1) is 0 Å². The number of aromatic hydroxyl groups is 3. The minimum Gasteiger partial charge on any atom is -0.508 e. The van der Waals surface area contributed by atoms with Crippen LogP contribution in [0.2, 0.25) is 0 Å². The Balaban J connectivity index is 1.60. The van der Waals surface area contributed by atoms with Crippen LogP contribution in [0.1, 0.15) is 16.8 Å². The van der Waals surface area contributed by atoms with Gasteiger partial charge in [-0.05, 0) is 24.3 Å². The number of rotatable bonds is 3. The van der Waals surface area contributed by atoms with E-state index >= 15 is 0 Å². The number of phenolic OH excluding ortho intramolecular Hbond substituents is 3. The average Bonchev–Trinajstić information content (AvgIpc) is 2.65. The van der Waals surface area contributed by atoms with E-state index in [1.165, 1.54) is 12.1 Å². The molecule has 1 aliphatic heterocycles. The van der Waals surface area contributed by atoms with Gasteiger partial charge in [-0.2, -0.15) is 0 Å². The van der Waals surface area contributed by atoms with Gasteiger partial charge in [0.25, 0.3) is 5.56 Å². The van der Waals surface area contributed by atoms with Crippen LogP contribution in [0.5, 0.6) is 17.2 Å². The summed E-state index contributed by atoms with van der Waals surface area (Å²) in [5.41, 5.74) is 8.55. The van der Waals surface area contributed by atoms with Crippen LogP contribution < -0.4 is 11.3 Å². The molecule has 0 radical (unpaired) electrons. The van der Waals surface area contributed by atoms with Crippen LogP contribution in [0.3, 0.4) is 0 Å². The van der Waals surface area contributed by atoms with Crippen molar-refractivity contribution in [3.63, 3.8) is 0 Å². The lowest BCUT2D eigenvalue weighted by Gasteiger charge is -2.28. The van der Waals surface area contributed by atoms with E-state index in [2.05, 4.69) is 9.97 Å². The maximum Gasteiger partial charge on any atom is 0.255 e. The molecular formula is C20H20N4O4. The second kappa shape index (κ2) is 6.90. The molecule has 8 nitrogen and oxygen atoms in total. The maximum absolute atomic E-state index is 12.6. The first-order valence-electron chi connectivity index (χ1n) is 8.85. The zero-order valence-corrected chi connectivity index (χ0v) is 15.0. The SMILES string of the molecule is Nc1ccc(-c2nc3c(c(=O)[nH]2)CN(Cc2c(O)cc(O)cc2O)CC3)cc1. The van der Waals surface area contributed by atoms with E-state index in [1.807, 2.05) is 17.0 Å². The molecule has 2 aromatic carbocycles. The van der Waals surface area contributed by atoms with Gasteiger partial charge in [0.1, 0.15) is 23.1 Å². The van der Waals surface area contributed by atoms with Gasteiger partial charge in [0.2, 0.25) is 0 Å². The quantitative estimate of drug-likeness (QED) is 0.436. The molecule has 28 heavy (non-hydrogen) atoms. The number of hydrogen-bond acceptors (Lipinski definition) is 7. The number of nitrogens with zero attached hydrogens (tertiary/aromatic N) is 2. The fourth-order valence-corrected chi connectivity index (χ4v) is 3.41. The van der Waals surface area contributed by atoms with Crippen molar-refractivity contribution in [2.75, 3.05) is 12.3 Å². The number of nitrogen functional groups attached to an aromatic ring is 1. The first kappa shape index (κ1) is 17.9. The number of benzene rings is 2. The standard InChI is InChI=1S/C20H20N4O4/c21-12-3-1-11(2-4-12)19-22-16-5-6-24(9-14(16)20(28)23-19)10-15-17(26)7-13(25)8-18(15)27/h1-4,7-8,25-27H,5-6,9-10,21H2,(H,22,23,28). The molecule has 4 rings (SSSR count). The molecular weight excluding hydrogens is 360 g/mol. The zero-order valence-electron chi connectivity index (χ0n) is 15.0. The number of fused-ring (bicyclic) bond motifs is 1. The monoisotopic (exact) mass is 380 g/mol. The normalized spacial score (nSPS) is 14.0. The molecule has 2 heterocycles. The van der Waals surface area contributed by atoms with Crippen molar-refractivity contribution in [2.24, 2.45) is 0 Å². The van der Waals surface area contributed by atoms with Crippen LogP contribution in [-0.2, 0) is 19.5 Å². The Morgan fingerprint density at radius 2 is 1.79 bits per heavy atom. The highest BCUT2D eigenvalue weighted by Crippen LogP contribution is 2.33. The van der Waals surface area contributed by atoms with Crippen molar-refractivity contribution in [3.05, 3.63) is 63.6 Å². The third-order valence-corrected chi connectivity index (χ3v) is 4.90. The van der Waals surface area contributed by atoms with Gasteiger partial charge in [0.15, 0.2) is 0 Å². The van der Waals surface area contributed by atoms with Crippen molar-refractivity contribution in [1.29, 1.82) is 0 Å². The Bertz CT molecular complexity index is 1070. The molecule has 8 heteroatoms. The summed E-state index contributed by atoms with van der Waals surface area (Å²) in [5.74, 6) is -0.0762. The van der Waals surface area contributed by atoms with Crippen LogP contribution >= 0.6 is 0 Å². The molecule has 0 spiro atoms. The summed E-state index contributed by atoms with van der Waals surface area (Å²) in [6.45, 7) is 1.21. The highest BCUT2D eigenvalue weighted by atomic mass is 16.3. The fraction of sp³-hybridized carbons (Fsp3) is 0.200. The molecule has 0 aliphatic carbocycles. The number of nitrogens with two attached hydrogens (primary N) is 1. The summed E-state index contributed by atoms with van der Waals surface area (Å²) in [7, 11) is 0. The molecule has 0 saturated carbocycles. The first-order valence-corrected chi connectivity index (χ1v) is 8.85. The topological polar surface area (TPSA) is 136 Å². The van der Waals surface area contributed by atoms with Gasteiger partial charge in [0.05, 0.1) is 11.3 Å². The lowest BCUT2D eigenvalue weighted by molar-refractivity contribution is 0.235. The Labute approximate surface area is 160 Å². The third kappa shape index (κ3) is 3.37. The molecule has 1 aromatic heterocycles. The van der Waals surface area contributed by atoms with Crippen LogP contribution in [0.15, 0.2) is 41.2 Å². The largest absolute Gasteiger partial charge is 0.508 e. The Morgan fingerprint density at radius 3 is 2.46 bits per heavy atom. The number of hydrogen-bond donors (Lipinski definition) is 5. The van der Waals surface area contributed by atoms with Crippen LogP contribution in [0.25, 0.3) is 11.4 Å². The number of nitrogens with one attached hydrogen (secondary N) is 1. The van der Waals surface area contributed by atoms with E-state index in [9.17, 15) is 20.1 Å². The van der Waals surface area contributed by atoms with E-state index in [4.69, 9.17) is 5.73 Å².